The maximum Gasteiger partial charge on any atom is 0.288 e. The molecule has 0 fully saturated rings. The van der Waals surface area contributed by atoms with Crippen molar-refractivity contribution in [3.05, 3.63) is 84.1 Å². The lowest BCUT2D eigenvalue weighted by atomic mass is 9.96. The van der Waals surface area contributed by atoms with E-state index in [1.807, 2.05) is 69.2 Å². The highest BCUT2D eigenvalue weighted by molar-refractivity contribution is 6.90. The van der Waals surface area contributed by atoms with E-state index in [4.69, 9.17) is 22.6 Å². The number of guanidine groups is 1. The summed E-state index contributed by atoms with van der Waals surface area (Å²) in [6.45, 7) is 23.1. The Hall–Kier alpha value is -9.79. The Labute approximate surface area is 627 Å². The van der Waals surface area contributed by atoms with Crippen LogP contribution in [0.15, 0.2) is 67.3 Å². The summed E-state index contributed by atoms with van der Waals surface area (Å²) in [6.07, 6.45) is 3.11. The molecular formula is C74H117FN18O13Si. The average molecular weight is 1510 g/mol. The van der Waals surface area contributed by atoms with Crippen molar-refractivity contribution < 1.29 is 66.7 Å². The van der Waals surface area contributed by atoms with Gasteiger partial charge < -0.3 is 94.5 Å². The zero-order valence-corrected chi connectivity index (χ0v) is 65.4. The maximum absolute atomic E-state index is 17.0. The summed E-state index contributed by atoms with van der Waals surface area (Å²) in [5.74, 6) is -9.60. The van der Waals surface area contributed by atoms with Gasteiger partial charge in [0.25, 0.3) is 8.41 Å². The maximum atomic E-state index is 17.0. The lowest BCUT2D eigenvalue weighted by Crippen LogP contribution is -2.59. The lowest BCUT2D eigenvalue weighted by molar-refractivity contribution is -0.135. The molecule has 0 aliphatic carbocycles. The summed E-state index contributed by atoms with van der Waals surface area (Å²) in [6, 6.07) is 4.37. The monoisotopic (exact) mass is 1510 g/mol. The SMILES string of the molecule is CC(C)C[C@H](NC(=O)C[C@H](O)[C@H](CC(C)C)NC(=O)[C@H](Cc1cncn1C)NC(=O)CNC(=O)[C@@H](NC(=O)[C@H](C)NC(=O)[C@H](Cc1c[nH]c2ccccc12)NC(=O)[C@H](CCC(N)=O)NC(=O)CCCCNC(=O)[C@H](CCCNC(=N)N)NC(=O)Cc1ccc([Si](F)(C(C)(C)C)C(C)(C)C)cc1)C(C)C)C(N)=O. The Bertz CT molecular complexity index is 3690. The van der Waals surface area contributed by atoms with E-state index in [0.717, 1.165) is 0 Å². The number of nitrogens with zero attached hydrogens (tertiary/aromatic N) is 2. The van der Waals surface area contributed by atoms with Gasteiger partial charge in [-0.1, -0.05) is 126 Å². The molecule has 0 saturated heterocycles. The summed E-state index contributed by atoms with van der Waals surface area (Å²) < 4.78 is 18.6. The van der Waals surface area contributed by atoms with Crippen molar-refractivity contribution in [2.24, 2.45) is 42.0 Å². The smallest absolute Gasteiger partial charge is 0.288 e. The number of aromatic nitrogens is 3. The number of imidazole rings is 1. The van der Waals surface area contributed by atoms with Crippen LogP contribution in [0.2, 0.25) is 10.1 Å². The van der Waals surface area contributed by atoms with Gasteiger partial charge in [0.2, 0.25) is 70.9 Å². The Kier molecular flexibility index (Phi) is 35.1. The van der Waals surface area contributed by atoms with E-state index >= 15 is 4.11 Å². The van der Waals surface area contributed by atoms with Crippen LogP contribution < -0.4 is 80.9 Å². The number of H-pyrrole nitrogens is 1. The number of aromatic amines is 1. The number of aliphatic hydroxyl groups excluding tert-OH is 1. The summed E-state index contributed by atoms with van der Waals surface area (Å²) in [5, 5.41) is 48.3. The van der Waals surface area contributed by atoms with Crippen molar-refractivity contribution >= 4 is 101 Å². The molecule has 0 bridgehead atoms. The third-order valence-corrected chi connectivity index (χ3v) is 23.6. The second-order valence-corrected chi connectivity index (χ2v) is 35.7. The number of benzene rings is 2. The molecule has 9 atom stereocenters. The van der Waals surface area contributed by atoms with Crippen molar-refractivity contribution in [3.63, 3.8) is 0 Å². The molecule has 31 nitrogen and oxygen atoms in total. The number of hydrogen-bond acceptors (Lipinski definition) is 15. The fraction of sp³-hybridized carbons (Fsp3) is 0.595. The van der Waals surface area contributed by atoms with Crippen LogP contribution in [0.3, 0.4) is 0 Å². The molecule has 592 valence electrons. The van der Waals surface area contributed by atoms with Gasteiger partial charge in [-0.3, -0.25) is 62.9 Å². The molecule has 20 N–H and O–H groups in total. The number of amides is 12. The number of aliphatic hydroxyl groups is 1. The van der Waals surface area contributed by atoms with Gasteiger partial charge in [-0.25, -0.2) is 4.98 Å². The largest absolute Gasteiger partial charge is 0.390 e. The number of carbonyl (C=O) groups excluding carboxylic acids is 12. The van der Waals surface area contributed by atoms with Gasteiger partial charge in [-0.05, 0) is 102 Å². The van der Waals surface area contributed by atoms with Gasteiger partial charge in [0.05, 0.1) is 37.9 Å². The molecule has 2 aromatic carbocycles. The number of nitrogens with one attached hydrogen (secondary N) is 13. The van der Waals surface area contributed by atoms with Crippen molar-refractivity contribution in [1.82, 2.24) is 73.0 Å². The number of nitrogens with two attached hydrogens (primary N) is 3. The fourth-order valence-electron chi connectivity index (χ4n) is 12.8. The standard InChI is InChI=1S/C74H117FN18O13Si/c1-42(2)32-54(58(94)37-62(98)88-55(65(77)100)33-43(3)4)90-70(105)57(36-48-39-80-41-93(48)14)89-63(99)40-84-71(106)64(44(5)6)92-66(101)45(7)85-69(104)56(35-47-38-83-51-21-16-15-20-50(47)51)91-68(103)53(28-29-59(76)95)86-60(96)23-17-18-30-81-67(102)52(22-19-31-82-72(78)79)87-61(97)34-46-24-26-49(27-25-46)107(75,73(8,9)10)74(11,12)13/h15-16,20-21,24-27,38-39,41-45,52-58,64,83,94H,17-19,22-23,28-37,40H2,1-14H3,(H2,76,95)(H2,77,100)(H,81,102)(H,84,106)(H,85,104)(H,86,96)(H,87,97)(H,88,98)(H,89,99)(H,90,105)(H,91,103)(H,92,101)(H4,78,79,82)/t45-,52-,53-,54-,55-,56-,57-,58-,64-/m0/s1. The van der Waals surface area contributed by atoms with Crippen LogP contribution in [0, 0.1) is 23.2 Å². The number of halogens is 1. The van der Waals surface area contributed by atoms with Gasteiger partial charge in [0.15, 0.2) is 5.96 Å². The zero-order chi connectivity index (χ0) is 80.3. The molecule has 4 aromatic rings. The minimum Gasteiger partial charge on any atom is -0.390 e. The van der Waals surface area contributed by atoms with Gasteiger partial charge in [-0.15, -0.1) is 0 Å². The van der Waals surface area contributed by atoms with Crippen LogP contribution in [0.5, 0.6) is 0 Å². The second kappa shape index (κ2) is 41.9. The molecule has 0 radical (unpaired) electrons. The molecule has 2 aromatic heterocycles. The Morgan fingerprint density at radius 3 is 1.77 bits per heavy atom. The molecule has 0 unspecified atom stereocenters. The lowest BCUT2D eigenvalue weighted by Gasteiger charge is -2.44. The van der Waals surface area contributed by atoms with Crippen molar-refractivity contribution in [2.75, 3.05) is 19.6 Å². The van der Waals surface area contributed by atoms with Crippen LogP contribution in [-0.4, -0.2) is 179 Å². The fourth-order valence-corrected chi connectivity index (χ4v) is 17.4. The van der Waals surface area contributed by atoms with E-state index in [2.05, 4.69) is 68.5 Å². The molecule has 2 heterocycles. The van der Waals surface area contributed by atoms with E-state index in [9.17, 15) is 62.6 Å². The zero-order valence-electron chi connectivity index (χ0n) is 64.4. The Morgan fingerprint density at radius 2 is 1.18 bits per heavy atom. The minimum atomic E-state index is -3.56. The number of unbranched alkanes of at least 4 members (excludes halogenated alkanes) is 1. The van der Waals surface area contributed by atoms with Gasteiger partial charge in [0, 0.05) is 74.8 Å². The van der Waals surface area contributed by atoms with E-state index in [-0.39, 0.29) is 102 Å². The molecule has 0 aliphatic rings. The number of primary amides is 2. The first-order chi connectivity index (χ1) is 50.0. The van der Waals surface area contributed by atoms with E-state index in [1.54, 1.807) is 80.2 Å². The van der Waals surface area contributed by atoms with E-state index < -0.39 is 163 Å². The number of carbonyl (C=O) groups is 12. The summed E-state index contributed by atoms with van der Waals surface area (Å²) in [5.41, 5.74) is 18.9. The summed E-state index contributed by atoms with van der Waals surface area (Å²) in [7, 11) is -1.88. The highest BCUT2D eigenvalue weighted by atomic mass is 28.4. The second-order valence-electron chi connectivity index (χ2n) is 30.8. The highest BCUT2D eigenvalue weighted by Gasteiger charge is 2.56. The molecule has 33 heteroatoms. The molecule has 107 heavy (non-hydrogen) atoms. The predicted molar refractivity (Wildman–Crippen MR) is 407 cm³/mol. The summed E-state index contributed by atoms with van der Waals surface area (Å²) in [4.78, 5) is 170. The molecular weight excluding hydrogens is 1400 g/mol. The number of para-hydroxylation sites is 1. The van der Waals surface area contributed by atoms with Crippen molar-refractivity contribution in [1.29, 1.82) is 5.41 Å². The number of fused-ring (bicyclic) bond motifs is 1. The summed E-state index contributed by atoms with van der Waals surface area (Å²) >= 11 is 0. The van der Waals surface area contributed by atoms with Gasteiger partial charge in [0.1, 0.15) is 42.3 Å². The highest BCUT2D eigenvalue weighted by Crippen LogP contribution is 2.51. The van der Waals surface area contributed by atoms with Crippen LogP contribution in [0.25, 0.3) is 10.9 Å². The number of rotatable bonds is 44. The third-order valence-electron chi connectivity index (χ3n) is 18.3. The molecule has 12 amide bonds. The quantitative estimate of drug-likeness (QED) is 0.00980. The van der Waals surface area contributed by atoms with Crippen LogP contribution in [-0.2, 0) is 83.8 Å². The Morgan fingerprint density at radius 1 is 0.598 bits per heavy atom. The molecule has 0 spiro atoms. The van der Waals surface area contributed by atoms with Crippen LogP contribution >= 0.6 is 0 Å². The number of aryl methyl sites for hydroxylation is 1. The number of hydrogen-bond donors (Lipinski definition) is 17. The van der Waals surface area contributed by atoms with Gasteiger partial charge in [-0.2, -0.15) is 0 Å². The topological polar surface area (TPSA) is 493 Å². The van der Waals surface area contributed by atoms with Crippen molar-refractivity contribution in [3.8, 4) is 0 Å². The molecule has 0 saturated carbocycles. The normalized spacial score (nSPS) is 14.3. The first-order valence-corrected chi connectivity index (χ1v) is 38.5. The predicted octanol–water partition coefficient (Wildman–Crippen LogP) is 1.47. The third kappa shape index (κ3) is 29.1. The molecule has 4 rings (SSSR count). The molecule has 0 aliphatic heterocycles. The Balaban J connectivity index is 1.42. The van der Waals surface area contributed by atoms with Crippen molar-refractivity contribution in [2.45, 2.75) is 238 Å². The minimum absolute atomic E-state index is 0.0166. The van der Waals surface area contributed by atoms with E-state index in [0.29, 0.717) is 39.3 Å². The first-order valence-electron chi connectivity index (χ1n) is 36.6. The van der Waals surface area contributed by atoms with Gasteiger partial charge >= 0.3 is 0 Å². The average Bonchev–Trinajstić information content (AvgIpc) is 1.54. The van der Waals surface area contributed by atoms with Crippen LogP contribution in [0.4, 0.5) is 4.11 Å². The van der Waals surface area contributed by atoms with Crippen LogP contribution in [0.1, 0.15) is 171 Å². The first kappa shape index (κ1) is 89.6. The van der Waals surface area contributed by atoms with E-state index in [1.165, 1.54) is 19.4 Å².